The van der Waals surface area contributed by atoms with Gasteiger partial charge in [-0.1, -0.05) is 17.7 Å². The van der Waals surface area contributed by atoms with Crippen LogP contribution in [0.15, 0.2) is 51.7 Å². The van der Waals surface area contributed by atoms with Crippen LogP contribution >= 0.6 is 11.6 Å². The number of esters is 1. The highest BCUT2D eigenvalue weighted by atomic mass is 35.5. The molecule has 0 amide bonds. The molecule has 138 valence electrons. The van der Waals surface area contributed by atoms with Crippen molar-refractivity contribution in [2.24, 2.45) is 0 Å². The minimum Gasteiger partial charge on any atom is -0.458 e. The van der Waals surface area contributed by atoms with Crippen molar-refractivity contribution in [2.45, 2.75) is 20.5 Å². The van der Waals surface area contributed by atoms with Gasteiger partial charge in [-0.25, -0.2) is 14.0 Å². The Kier molecular flexibility index (Phi) is 5.42. The molecule has 6 heteroatoms. The van der Waals surface area contributed by atoms with Crippen LogP contribution in [0.3, 0.4) is 0 Å². The molecule has 0 spiro atoms. The SMILES string of the molecule is Cc1cc2oc(=O)cc(COC(=O)/C=C/c3c(F)cccc3Cl)c2cc1C. The fourth-order valence-electron chi connectivity index (χ4n) is 2.62. The molecule has 4 nitrogen and oxygen atoms in total. The number of hydrogen-bond acceptors (Lipinski definition) is 4. The summed E-state index contributed by atoms with van der Waals surface area (Å²) in [5, 5.41) is 0.892. The van der Waals surface area contributed by atoms with Crippen molar-refractivity contribution in [3.05, 3.63) is 86.0 Å². The topological polar surface area (TPSA) is 56.5 Å². The van der Waals surface area contributed by atoms with Crippen LogP contribution in [0.2, 0.25) is 5.02 Å². The third-order valence-corrected chi connectivity index (χ3v) is 4.53. The van der Waals surface area contributed by atoms with Gasteiger partial charge < -0.3 is 9.15 Å². The first-order chi connectivity index (χ1) is 12.8. The Bertz CT molecular complexity index is 1090. The van der Waals surface area contributed by atoms with Crippen LogP contribution in [-0.4, -0.2) is 5.97 Å². The van der Waals surface area contributed by atoms with E-state index in [9.17, 15) is 14.0 Å². The predicted octanol–water partition coefficient (Wildman–Crippen LogP) is 4.96. The van der Waals surface area contributed by atoms with Crippen LogP contribution in [0, 0.1) is 19.7 Å². The number of carbonyl (C=O) groups excluding carboxylic acids is 1. The second kappa shape index (κ2) is 7.76. The van der Waals surface area contributed by atoms with Crippen LogP contribution in [0.1, 0.15) is 22.3 Å². The zero-order valence-corrected chi connectivity index (χ0v) is 15.5. The Morgan fingerprint density at radius 1 is 1.22 bits per heavy atom. The lowest BCUT2D eigenvalue weighted by molar-refractivity contribution is -0.138. The lowest BCUT2D eigenvalue weighted by Gasteiger charge is -2.08. The van der Waals surface area contributed by atoms with E-state index in [2.05, 4.69) is 0 Å². The molecule has 0 radical (unpaired) electrons. The van der Waals surface area contributed by atoms with Gasteiger partial charge in [0, 0.05) is 28.7 Å². The molecule has 0 aliphatic rings. The largest absolute Gasteiger partial charge is 0.458 e. The number of halogens is 2. The third kappa shape index (κ3) is 4.26. The molecule has 0 aliphatic heterocycles. The molecule has 0 bridgehead atoms. The summed E-state index contributed by atoms with van der Waals surface area (Å²) in [4.78, 5) is 23.7. The number of hydrogen-bond donors (Lipinski definition) is 0. The van der Waals surface area contributed by atoms with Gasteiger partial charge in [-0.15, -0.1) is 0 Å². The van der Waals surface area contributed by atoms with Crippen molar-refractivity contribution in [3.63, 3.8) is 0 Å². The first-order valence-electron chi connectivity index (χ1n) is 8.18. The van der Waals surface area contributed by atoms with Gasteiger partial charge in [-0.3, -0.25) is 0 Å². The van der Waals surface area contributed by atoms with Crippen LogP contribution < -0.4 is 5.63 Å². The Labute approximate surface area is 159 Å². The number of aryl methyl sites for hydroxylation is 2. The molecule has 27 heavy (non-hydrogen) atoms. The molecular weight excluding hydrogens is 371 g/mol. The number of benzene rings is 2. The monoisotopic (exact) mass is 386 g/mol. The summed E-state index contributed by atoms with van der Waals surface area (Å²) in [6.45, 7) is 3.75. The fourth-order valence-corrected chi connectivity index (χ4v) is 2.85. The summed E-state index contributed by atoms with van der Waals surface area (Å²) in [7, 11) is 0. The van der Waals surface area contributed by atoms with E-state index in [0.29, 0.717) is 16.5 Å². The van der Waals surface area contributed by atoms with Gasteiger partial charge in [0.2, 0.25) is 0 Å². The molecule has 1 heterocycles. The normalized spacial score (nSPS) is 11.3. The van der Waals surface area contributed by atoms with Gasteiger partial charge in [0.05, 0.1) is 5.02 Å². The summed E-state index contributed by atoms with van der Waals surface area (Å²) in [6.07, 6.45) is 2.35. The lowest BCUT2D eigenvalue weighted by atomic mass is 10.0. The molecule has 3 aromatic rings. The molecule has 0 aliphatic carbocycles. The van der Waals surface area contributed by atoms with Crippen molar-refractivity contribution in [3.8, 4) is 0 Å². The van der Waals surface area contributed by atoms with Gasteiger partial charge in [0.15, 0.2) is 0 Å². The minimum absolute atomic E-state index is 0.105. The van der Waals surface area contributed by atoms with Crippen molar-refractivity contribution in [1.82, 2.24) is 0 Å². The van der Waals surface area contributed by atoms with Crippen LogP contribution in [0.25, 0.3) is 17.0 Å². The second-order valence-electron chi connectivity index (χ2n) is 6.10. The summed E-state index contributed by atoms with van der Waals surface area (Å²) in [5.41, 5.74) is 2.57. The lowest BCUT2D eigenvalue weighted by Crippen LogP contribution is -2.06. The average Bonchev–Trinajstić information content (AvgIpc) is 2.60. The van der Waals surface area contributed by atoms with E-state index in [-0.39, 0.29) is 17.2 Å². The fraction of sp³-hybridized carbons (Fsp3) is 0.143. The molecular formula is C21H16ClFO4. The van der Waals surface area contributed by atoms with Crippen molar-refractivity contribution < 1.29 is 18.3 Å². The van der Waals surface area contributed by atoms with Crippen molar-refractivity contribution in [2.75, 3.05) is 0 Å². The molecule has 0 saturated heterocycles. The molecule has 0 saturated carbocycles. The average molecular weight is 387 g/mol. The maximum atomic E-state index is 13.7. The van der Waals surface area contributed by atoms with Crippen molar-refractivity contribution in [1.29, 1.82) is 0 Å². The van der Waals surface area contributed by atoms with E-state index >= 15 is 0 Å². The number of carbonyl (C=O) groups is 1. The highest BCUT2D eigenvalue weighted by Gasteiger charge is 2.10. The minimum atomic E-state index is -0.681. The summed E-state index contributed by atoms with van der Waals surface area (Å²) in [5.74, 6) is -1.22. The highest BCUT2D eigenvalue weighted by molar-refractivity contribution is 6.32. The summed E-state index contributed by atoms with van der Waals surface area (Å²) < 4.78 is 24.1. The zero-order valence-electron chi connectivity index (χ0n) is 14.7. The Balaban J connectivity index is 1.80. The number of ether oxygens (including phenoxy) is 1. The highest BCUT2D eigenvalue weighted by Crippen LogP contribution is 2.23. The van der Waals surface area contributed by atoms with E-state index in [1.54, 1.807) is 6.07 Å². The van der Waals surface area contributed by atoms with Crippen LogP contribution in [0.4, 0.5) is 4.39 Å². The van der Waals surface area contributed by atoms with Gasteiger partial charge in [-0.05, 0) is 55.3 Å². The first-order valence-corrected chi connectivity index (χ1v) is 8.56. The van der Waals surface area contributed by atoms with Gasteiger partial charge >= 0.3 is 11.6 Å². The zero-order chi connectivity index (χ0) is 19.6. The van der Waals surface area contributed by atoms with Gasteiger partial charge in [0.25, 0.3) is 0 Å². The molecule has 0 N–H and O–H groups in total. The molecule has 0 fully saturated rings. The molecule has 2 aromatic carbocycles. The number of rotatable bonds is 4. The molecule has 0 unspecified atom stereocenters. The molecule has 3 rings (SSSR count). The van der Waals surface area contributed by atoms with E-state index in [4.69, 9.17) is 20.8 Å². The van der Waals surface area contributed by atoms with Gasteiger partial charge in [-0.2, -0.15) is 0 Å². The van der Waals surface area contributed by atoms with E-state index in [1.807, 2.05) is 19.9 Å². The number of fused-ring (bicyclic) bond motifs is 1. The standard InChI is InChI=1S/C21H16ClFO4/c1-12-8-16-14(10-21(25)27-19(16)9-13(12)2)11-26-20(24)7-6-15-17(22)4-3-5-18(15)23/h3-10H,11H2,1-2H3/b7-6+. The van der Waals surface area contributed by atoms with E-state index < -0.39 is 17.4 Å². The third-order valence-electron chi connectivity index (χ3n) is 4.20. The van der Waals surface area contributed by atoms with Crippen LogP contribution in [-0.2, 0) is 16.1 Å². The van der Waals surface area contributed by atoms with Gasteiger partial charge in [0.1, 0.15) is 18.0 Å². The second-order valence-corrected chi connectivity index (χ2v) is 6.51. The van der Waals surface area contributed by atoms with Crippen molar-refractivity contribution >= 4 is 34.6 Å². The maximum absolute atomic E-state index is 13.7. The van der Waals surface area contributed by atoms with E-state index in [1.165, 1.54) is 30.3 Å². The Hall–Kier alpha value is -2.92. The Morgan fingerprint density at radius 3 is 2.70 bits per heavy atom. The maximum Gasteiger partial charge on any atom is 0.336 e. The van der Waals surface area contributed by atoms with Crippen LogP contribution in [0.5, 0.6) is 0 Å². The summed E-state index contributed by atoms with van der Waals surface area (Å²) >= 11 is 5.91. The molecule has 1 aromatic heterocycles. The predicted molar refractivity (Wildman–Crippen MR) is 102 cm³/mol. The van der Waals surface area contributed by atoms with E-state index in [0.717, 1.165) is 17.2 Å². The quantitative estimate of drug-likeness (QED) is 0.361. The smallest absolute Gasteiger partial charge is 0.336 e. The Morgan fingerprint density at radius 2 is 1.96 bits per heavy atom. The molecule has 0 atom stereocenters. The first kappa shape index (κ1) is 18.9. The summed E-state index contributed by atoms with van der Waals surface area (Å²) in [6, 6.07) is 9.19.